The lowest BCUT2D eigenvalue weighted by molar-refractivity contribution is -0.385. The molecule has 0 atom stereocenters. The molecule has 3 aromatic rings. The Balaban J connectivity index is 1.72. The minimum atomic E-state index is -0.460. The van der Waals surface area contributed by atoms with Gasteiger partial charge >= 0.3 is 0 Å². The second kappa shape index (κ2) is 8.35. The third-order valence-electron chi connectivity index (χ3n) is 4.45. The van der Waals surface area contributed by atoms with E-state index in [-0.39, 0.29) is 11.6 Å². The molecule has 0 aliphatic carbocycles. The summed E-state index contributed by atoms with van der Waals surface area (Å²) in [5, 5.41) is 13.2. The van der Waals surface area contributed by atoms with Gasteiger partial charge in [0.25, 0.3) is 5.69 Å². The lowest BCUT2D eigenvalue weighted by atomic mass is 10.1. The molecule has 0 bridgehead atoms. The number of methoxy groups -OCH3 is 1. The van der Waals surface area contributed by atoms with Crippen LogP contribution in [0.1, 0.15) is 11.1 Å². The van der Waals surface area contributed by atoms with Crippen LogP contribution in [-0.4, -0.2) is 29.9 Å². The van der Waals surface area contributed by atoms with Crippen LogP contribution in [0, 0.1) is 10.1 Å². The zero-order valence-corrected chi connectivity index (χ0v) is 15.7. The molecule has 0 heterocycles. The number of rotatable bonds is 6. The van der Waals surface area contributed by atoms with Gasteiger partial charge in [-0.2, -0.15) is 0 Å². The molecule has 0 saturated carbocycles. The number of para-hydroxylation sites is 1. The van der Waals surface area contributed by atoms with Crippen molar-refractivity contribution >= 4 is 28.4 Å². The van der Waals surface area contributed by atoms with Gasteiger partial charge in [0, 0.05) is 25.7 Å². The van der Waals surface area contributed by atoms with Crippen LogP contribution in [0.4, 0.5) is 5.69 Å². The van der Waals surface area contributed by atoms with E-state index in [0.717, 1.165) is 22.1 Å². The third kappa shape index (κ3) is 4.35. The summed E-state index contributed by atoms with van der Waals surface area (Å²) in [5.74, 6) is 0.570. The van der Waals surface area contributed by atoms with Crippen LogP contribution < -0.4 is 4.74 Å². The minimum Gasteiger partial charge on any atom is -0.497 e. The number of nitro benzene ring substituents is 1. The summed E-state index contributed by atoms with van der Waals surface area (Å²) in [6, 6.07) is 18.2. The molecule has 0 aliphatic rings. The highest BCUT2D eigenvalue weighted by atomic mass is 16.6. The summed E-state index contributed by atoms with van der Waals surface area (Å²) in [4.78, 5) is 24.6. The van der Waals surface area contributed by atoms with Crippen molar-refractivity contribution in [1.82, 2.24) is 4.90 Å². The molecule has 28 heavy (non-hydrogen) atoms. The van der Waals surface area contributed by atoms with Gasteiger partial charge in [0.15, 0.2) is 0 Å². The van der Waals surface area contributed by atoms with Crippen LogP contribution in [0.2, 0.25) is 0 Å². The van der Waals surface area contributed by atoms with E-state index >= 15 is 0 Å². The smallest absolute Gasteiger partial charge is 0.276 e. The topological polar surface area (TPSA) is 72.7 Å². The number of fused-ring (bicyclic) bond motifs is 1. The van der Waals surface area contributed by atoms with Gasteiger partial charge in [-0.1, -0.05) is 30.3 Å². The number of hydrogen-bond donors (Lipinski definition) is 0. The number of carbonyl (C=O) groups excluding carboxylic acids is 1. The molecule has 6 heteroatoms. The Bertz CT molecular complexity index is 1060. The summed E-state index contributed by atoms with van der Waals surface area (Å²) in [5.41, 5.74) is 1.36. The normalized spacial score (nSPS) is 10.9. The van der Waals surface area contributed by atoms with Gasteiger partial charge in [0.1, 0.15) is 5.75 Å². The fourth-order valence-electron chi connectivity index (χ4n) is 2.93. The van der Waals surface area contributed by atoms with E-state index in [2.05, 4.69) is 0 Å². The molecule has 0 N–H and O–H groups in total. The average Bonchev–Trinajstić information content (AvgIpc) is 2.71. The Labute approximate surface area is 162 Å². The molecule has 3 aromatic carbocycles. The number of amides is 1. The molecule has 0 unspecified atom stereocenters. The molecule has 0 aliphatic heterocycles. The standard InChI is InChI=1S/C22H20N2O4/c1-23(22(25)12-10-17-5-3-4-6-21(17)24(26)27)15-16-7-8-19-14-20(28-2)11-9-18(19)13-16/h3-14H,15H2,1-2H3/b12-10+. The Morgan fingerprint density at radius 1 is 1.11 bits per heavy atom. The fourth-order valence-corrected chi connectivity index (χ4v) is 2.93. The summed E-state index contributed by atoms with van der Waals surface area (Å²) >= 11 is 0. The second-order valence-electron chi connectivity index (χ2n) is 6.39. The molecule has 0 radical (unpaired) electrons. The molecular weight excluding hydrogens is 356 g/mol. The summed E-state index contributed by atoms with van der Waals surface area (Å²) in [7, 11) is 3.33. The van der Waals surface area contributed by atoms with E-state index in [4.69, 9.17) is 4.74 Å². The highest BCUT2D eigenvalue weighted by molar-refractivity contribution is 5.92. The molecule has 142 valence electrons. The summed E-state index contributed by atoms with van der Waals surface area (Å²) in [6.45, 7) is 0.433. The van der Waals surface area contributed by atoms with E-state index in [1.807, 2.05) is 36.4 Å². The second-order valence-corrected chi connectivity index (χ2v) is 6.39. The molecule has 6 nitrogen and oxygen atoms in total. The van der Waals surface area contributed by atoms with Crippen molar-refractivity contribution in [3.05, 3.63) is 88.0 Å². The van der Waals surface area contributed by atoms with Crippen LogP contribution in [0.3, 0.4) is 0 Å². The Morgan fingerprint density at radius 3 is 2.57 bits per heavy atom. The zero-order valence-electron chi connectivity index (χ0n) is 15.7. The molecule has 1 amide bonds. The average molecular weight is 376 g/mol. The summed E-state index contributed by atoms with van der Waals surface area (Å²) in [6.07, 6.45) is 2.83. The van der Waals surface area contributed by atoms with Crippen molar-refractivity contribution in [2.24, 2.45) is 0 Å². The molecule has 0 saturated heterocycles. The largest absolute Gasteiger partial charge is 0.497 e. The third-order valence-corrected chi connectivity index (χ3v) is 4.45. The first-order valence-corrected chi connectivity index (χ1v) is 8.71. The van der Waals surface area contributed by atoms with Crippen molar-refractivity contribution in [2.75, 3.05) is 14.2 Å². The number of carbonyl (C=O) groups is 1. The van der Waals surface area contributed by atoms with Gasteiger partial charge in [-0.3, -0.25) is 14.9 Å². The highest BCUT2D eigenvalue weighted by Crippen LogP contribution is 2.23. The summed E-state index contributed by atoms with van der Waals surface area (Å²) < 4.78 is 5.23. The first-order valence-electron chi connectivity index (χ1n) is 8.71. The van der Waals surface area contributed by atoms with Crippen molar-refractivity contribution in [3.63, 3.8) is 0 Å². The Kier molecular flexibility index (Phi) is 5.69. The number of benzene rings is 3. The molecule has 3 rings (SSSR count). The molecular formula is C22H20N2O4. The van der Waals surface area contributed by atoms with Gasteiger partial charge in [-0.25, -0.2) is 0 Å². The van der Waals surface area contributed by atoms with Crippen LogP contribution in [0.15, 0.2) is 66.7 Å². The maximum absolute atomic E-state index is 12.4. The van der Waals surface area contributed by atoms with E-state index in [9.17, 15) is 14.9 Å². The SMILES string of the molecule is COc1ccc2cc(CN(C)C(=O)/C=C/c3ccccc3[N+](=O)[O-])ccc2c1. The van der Waals surface area contributed by atoms with Crippen LogP contribution in [0.25, 0.3) is 16.8 Å². The number of likely N-dealkylation sites (N-methyl/N-ethyl adjacent to an activating group) is 1. The Hall–Kier alpha value is -3.67. The van der Waals surface area contributed by atoms with Crippen LogP contribution in [0.5, 0.6) is 5.75 Å². The first kappa shape index (κ1) is 19.1. The maximum atomic E-state index is 12.4. The lowest BCUT2D eigenvalue weighted by Gasteiger charge is -2.15. The van der Waals surface area contributed by atoms with Crippen molar-refractivity contribution in [1.29, 1.82) is 0 Å². The van der Waals surface area contributed by atoms with Gasteiger partial charge in [0.05, 0.1) is 17.6 Å². The van der Waals surface area contributed by atoms with Crippen molar-refractivity contribution in [3.8, 4) is 5.75 Å². The molecule has 0 aromatic heterocycles. The van der Waals surface area contributed by atoms with Gasteiger partial charge < -0.3 is 9.64 Å². The van der Waals surface area contributed by atoms with Crippen molar-refractivity contribution < 1.29 is 14.5 Å². The van der Waals surface area contributed by atoms with E-state index in [0.29, 0.717) is 12.1 Å². The number of ether oxygens (including phenoxy) is 1. The first-order chi connectivity index (χ1) is 13.5. The minimum absolute atomic E-state index is 0.0286. The molecule has 0 fully saturated rings. The van der Waals surface area contributed by atoms with Crippen LogP contribution in [-0.2, 0) is 11.3 Å². The van der Waals surface area contributed by atoms with Crippen LogP contribution >= 0.6 is 0 Å². The highest BCUT2D eigenvalue weighted by Gasteiger charge is 2.11. The van der Waals surface area contributed by atoms with Crippen molar-refractivity contribution in [2.45, 2.75) is 6.54 Å². The van der Waals surface area contributed by atoms with E-state index in [1.165, 1.54) is 18.2 Å². The maximum Gasteiger partial charge on any atom is 0.276 e. The van der Waals surface area contributed by atoms with E-state index < -0.39 is 4.92 Å². The molecule has 0 spiro atoms. The quantitative estimate of drug-likeness (QED) is 0.362. The fraction of sp³-hybridized carbons (Fsp3) is 0.136. The van der Waals surface area contributed by atoms with Gasteiger partial charge in [-0.15, -0.1) is 0 Å². The van der Waals surface area contributed by atoms with Gasteiger partial charge in [0.2, 0.25) is 5.91 Å². The number of nitrogens with zero attached hydrogens (tertiary/aromatic N) is 2. The zero-order chi connectivity index (χ0) is 20.1. The van der Waals surface area contributed by atoms with E-state index in [1.54, 1.807) is 37.3 Å². The Morgan fingerprint density at radius 2 is 1.82 bits per heavy atom. The number of nitro groups is 1. The predicted octanol–water partition coefficient (Wildman–Crippen LogP) is 4.43. The predicted molar refractivity (Wildman–Crippen MR) is 109 cm³/mol. The lowest BCUT2D eigenvalue weighted by Crippen LogP contribution is -2.24. The number of hydrogen-bond acceptors (Lipinski definition) is 4. The van der Waals surface area contributed by atoms with Gasteiger partial charge in [-0.05, 0) is 46.7 Å². The monoisotopic (exact) mass is 376 g/mol.